The second-order valence-corrected chi connectivity index (χ2v) is 12.3. The fourth-order valence-corrected chi connectivity index (χ4v) is 6.39. The van der Waals surface area contributed by atoms with Crippen LogP contribution in [0.2, 0.25) is 5.02 Å². The van der Waals surface area contributed by atoms with Crippen LogP contribution in [0.25, 0.3) is 0 Å². The van der Waals surface area contributed by atoms with Gasteiger partial charge >= 0.3 is 0 Å². The van der Waals surface area contributed by atoms with Gasteiger partial charge in [-0.15, -0.1) is 0 Å². The second-order valence-electron chi connectivity index (χ2n) is 10.0. The van der Waals surface area contributed by atoms with Crippen molar-refractivity contribution >= 4 is 39.1 Å². The molecule has 0 bridgehead atoms. The Morgan fingerprint density at radius 3 is 2.02 bits per heavy atom. The topological polar surface area (TPSA) is 86.8 Å². The van der Waals surface area contributed by atoms with Crippen LogP contribution >= 0.6 is 11.6 Å². The van der Waals surface area contributed by atoms with Crippen LogP contribution in [0.4, 0.5) is 5.69 Å². The number of rotatable bonds is 11. The van der Waals surface area contributed by atoms with E-state index in [0.717, 1.165) is 21.0 Å². The molecule has 0 saturated carbocycles. The number of hydrogen-bond acceptors (Lipinski definition) is 4. The summed E-state index contributed by atoms with van der Waals surface area (Å²) in [4.78, 5) is 29.2. The molecule has 218 valence electrons. The van der Waals surface area contributed by atoms with Crippen molar-refractivity contribution in [2.24, 2.45) is 0 Å². The first-order chi connectivity index (χ1) is 20.1. The Balaban J connectivity index is 1.80. The first-order valence-corrected chi connectivity index (χ1v) is 15.4. The number of nitrogens with one attached hydrogen (secondary N) is 1. The van der Waals surface area contributed by atoms with Crippen molar-refractivity contribution < 1.29 is 18.0 Å². The van der Waals surface area contributed by atoms with E-state index >= 15 is 0 Å². The molecule has 0 heterocycles. The maximum atomic E-state index is 14.4. The van der Waals surface area contributed by atoms with Crippen molar-refractivity contribution in [3.63, 3.8) is 0 Å². The number of carbonyl (C=O) groups excluding carboxylic acids is 2. The normalized spacial score (nSPS) is 11.9. The molecule has 0 aliphatic carbocycles. The summed E-state index contributed by atoms with van der Waals surface area (Å²) >= 11 is 6.04. The Kier molecular flexibility index (Phi) is 10.0. The lowest BCUT2D eigenvalue weighted by Crippen LogP contribution is -2.53. The Bertz CT molecular complexity index is 1640. The van der Waals surface area contributed by atoms with E-state index in [4.69, 9.17) is 11.6 Å². The van der Waals surface area contributed by atoms with Crippen LogP contribution in [0, 0.1) is 13.8 Å². The standard InChI is InChI=1S/C33H34ClN3O4S/c1-24-11-7-9-15-27(24)22-36(31(33(39)35-3)21-26-13-5-4-6-14-26)32(38)23-37(30-16-10-8-12-25(30)2)42(40,41)29-19-17-28(34)18-20-29/h4-20,31H,21-23H2,1-3H3,(H,35,39)/t31-/m1/s1. The van der Waals surface area contributed by atoms with Crippen molar-refractivity contribution in [1.82, 2.24) is 10.2 Å². The minimum absolute atomic E-state index is 0.000503. The zero-order valence-corrected chi connectivity index (χ0v) is 25.4. The van der Waals surface area contributed by atoms with Crippen molar-refractivity contribution in [3.05, 3.63) is 130 Å². The number of carbonyl (C=O) groups is 2. The Labute approximate surface area is 252 Å². The fraction of sp³-hybridized carbons (Fsp3) is 0.212. The quantitative estimate of drug-likeness (QED) is 0.244. The van der Waals surface area contributed by atoms with E-state index in [2.05, 4.69) is 5.32 Å². The first-order valence-electron chi connectivity index (χ1n) is 13.5. The zero-order valence-electron chi connectivity index (χ0n) is 23.8. The summed E-state index contributed by atoms with van der Waals surface area (Å²) in [7, 11) is -2.66. The van der Waals surface area contributed by atoms with Gasteiger partial charge in [0, 0.05) is 25.0 Å². The van der Waals surface area contributed by atoms with E-state index in [9.17, 15) is 18.0 Å². The number of aryl methyl sites for hydroxylation is 2. The van der Waals surface area contributed by atoms with Crippen molar-refractivity contribution in [2.45, 2.75) is 37.8 Å². The highest BCUT2D eigenvalue weighted by Gasteiger charge is 2.34. The van der Waals surface area contributed by atoms with E-state index in [1.807, 2.05) is 61.5 Å². The third-order valence-electron chi connectivity index (χ3n) is 7.18. The molecule has 0 radical (unpaired) electrons. The molecule has 7 nitrogen and oxygen atoms in total. The number of halogens is 1. The lowest BCUT2D eigenvalue weighted by Gasteiger charge is -2.34. The Morgan fingerprint density at radius 1 is 0.810 bits per heavy atom. The molecule has 0 aliphatic heterocycles. The van der Waals surface area contributed by atoms with E-state index < -0.39 is 28.5 Å². The maximum absolute atomic E-state index is 14.4. The molecule has 0 aromatic heterocycles. The highest BCUT2D eigenvalue weighted by atomic mass is 35.5. The van der Waals surface area contributed by atoms with Gasteiger partial charge in [0.2, 0.25) is 11.8 Å². The number of anilines is 1. The van der Waals surface area contributed by atoms with Crippen molar-refractivity contribution in [2.75, 3.05) is 17.9 Å². The van der Waals surface area contributed by atoms with E-state index in [1.54, 1.807) is 31.2 Å². The molecule has 9 heteroatoms. The lowest BCUT2D eigenvalue weighted by atomic mass is 10.0. The average Bonchev–Trinajstić information content (AvgIpc) is 2.99. The van der Waals surface area contributed by atoms with Gasteiger partial charge in [-0.2, -0.15) is 0 Å². The van der Waals surface area contributed by atoms with E-state index in [1.165, 1.54) is 36.2 Å². The smallest absolute Gasteiger partial charge is 0.264 e. The van der Waals surface area contributed by atoms with Crippen LogP contribution in [0.1, 0.15) is 22.3 Å². The number of sulfonamides is 1. The summed E-state index contributed by atoms with van der Waals surface area (Å²) in [5.41, 5.74) is 3.74. The molecule has 1 N–H and O–H groups in total. The first kappa shape index (κ1) is 30.8. The zero-order chi connectivity index (χ0) is 30.3. The number of likely N-dealkylation sites (N-methyl/N-ethyl adjacent to an activating group) is 1. The number of benzene rings is 4. The minimum atomic E-state index is -4.19. The summed E-state index contributed by atoms with van der Waals surface area (Å²) in [6, 6.07) is 29.0. The average molecular weight is 604 g/mol. The molecule has 0 spiro atoms. The van der Waals surface area contributed by atoms with Gasteiger partial charge in [-0.1, -0.05) is 84.4 Å². The predicted molar refractivity (Wildman–Crippen MR) is 167 cm³/mol. The molecular formula is C33H34ClN3O4S. The lowest BCUT2D eigenvalue weighted by molar-refractivity contribution is -0.139. The van der Waals surface area contributed by atoms with Gasteiger partial charge in [0.25, 0.3) is 10.0 Å². The van der Waals surface area contributed by atoms with Gasteiger partial charge in [-0.3, -0.25) is 13.9 Å². The number of nitrogens with zero attached hydrogens (tertiary/aromatic N) is 2. The van der Waals surface area contributed by atoms with Crippen LogP contribution in [0.15, 0.2) is 108 Å². The van der Waals surface area contributed by atoms with Crippen molar-refractivity contribution in [1.29, 1.82) is 0 Å². The molecule has 1 atom stereocenters. The molecule has 4 rings (SSSR count). The molecule has 0 fully saturated rings. The van der Waals surface area contributed by atoms with Gasteiger partial charge in [-0.25, -0.2) is 8.42 Å². The number of para-hydroxylation sites is 1. The van der Waals surface area contributed by atoms with Gasteiger partial charge in [0.15, 0.2) is 0 Å². The number of amides is 2. The van der Waals surface area contributed by atoms with E-state index in [-0.39, 0.29) is 23.8 Å². The SMILES string of the molecule is CNC(=O)[C@@H](Cc1ccccc1)N(Cc1ccccc1C)C(=O)CN(c1ccccc1C)S(=O)(=O)c1ccc(Cl)cc1. The van der Waals surface area contributed by atoms with E-state index in [0.29, 0.717) is 16.3 Å². The summed E-state index contributed by atoms with van der Waals surface area (Å²) < 4.78 is 29.2. The predicted octanol–water partition coefficient (Wildman–Crippen LogP) is 5.54. The highest BCUT2D eigenvalue weighted by Crippen LogP contribution is 2.28. The van der Waals surface area contributed by atoms with Gasteiger partial charge < -0.3 is 10.2 Å². The van der Waals surface area contributed by atoms with Crippen LogP contribution in [-0.2, 0) is 32.6 Å². The molecule has 42 heavy (non-hydrogen) atoms. The molecule has 2 amide bonds. The largest absolute Gasteiger partial charge is 0.357 e. The summed E-state index contributed by atoms with van der Waals surface area (Å²) in [6.45, 7) is 3.34. The van der Waals surface area contributed by atoms with Gasteiger partial charge in [-0.05, 0) is 66.4 Å². The van der Waals surface area contributed by atoms with Gasteiger partial charge in [0.1, 0.15) is 12.6 Å². The molecule has 0 unspecified atom stereocenters. The van der Waals surface area contributed by atoms with Crippen molar-refractivity contribution in [3.8, 4) is 0 Å². The maximum Gasteiger partial charge on any atom is 0.264 e. The monoisotopic (exact) mass is 603 g/mol. The molecule has 4 aromatic carbocycles. The van der Waals surface area contributed by atoms with Gasteiger partial charge in [0.05, 0.1) is 10.6 Å². The van der Waals surface area contributed by atoms with Crippen LogP contribution in [-0.4, -0.2) is 44.8 Å². The third-order valence-corrected chi connectivity index (χ3v) is 9.21. The van der Waals surface area contributed by atoms with Crippen LogP contribution < -0.4 is 9.62 Å². The summed E-state index contributed by atoms with van der Waals surface area (Å²) in [6.07, 6.45) is 0.256. The number of hydrogen-bond donors (Lipinski definition) is 1. The summed E-state index contributed by atoms with van der Waals surface area (Å²) in [5, 5.41) is 3.09. The summed E-state index contributed by atoms with van der Waals surface area (Å²) in [5.74, 6) is -0.854. The molecule has 0 aliphatic rings. The van der Waals surface area contributed by atoms with Crippen LogP contribution in [0.3, 0.4) is 0 Å². The second kappa shape index (κ2) is 13.7. The molecule has 0 saturated heterocycles. The molecule has 4 aromatic rings. The van der Waals surface area contributed by atoms with Crippen LogP contribution in [0.5, 0.6) is 0 Å². The Hall–Kier alpha value is -4.14. The molecular weight excluding hydrogens is 570 g/mol. The Morgan fingerprint density at radius 2 is 1.40 bits per heavy atom. The third kappa shape index (κ3) is 7.19. The highest BCUT2D eigenvalue weighted by molar-refractivity contribution is 7.92. The fourth-order valence-electron chi connectivity index (χ4n) is 4.78. The minimum Gasteiger partial charge on any atom is -0.357 e.